The summed E-state index contributed by atoms with van der Waals surface area (Å²) in [5.41, 5.74) is -1.46. The summed E-state index contributed by atoms with van der Waals surface area (Å²) in [6.07, 6.45) is 3.48. The number of hydrogen-bond donors (Lipinski definition) is 1. The number of halogens is 2. The highest BCUT2D eigenvalue weighted by Crippen LogP contribution is 2.73. The normalized spacial score (nSPS) is 59.1. The lowest BCUT2D eigenvalue weighted by Crippen LogP contribution is -2.66. The van der Waals surface area contributed by atoms with Crippen LogP contribution in [0.4, 0.5) is 4.39 Å². The Hall–Kier alpha value is -0.0400. The minimum atomic E-state index is -1.01. The second kappa shape index (κ2) is 6.30. The molecular weight excluding hydrogens is 451 g/mol. The average molecular weight is 487 g/mol. The van der Waals surface area contributed by atoms with E-state index in [2.05, 4.69) is 29.8 Å². The first-order valence-corrected chi connectivity index (χ1v) is 12.5. The van der Waals surface area contributed by atoms with Crippen molar-refractivity contribution in [2.75, 3.05) is 0 Å². The van der Waals surface area contributed by atoms with Gasteiger partial charge >= 0.3 is 0 Å². The van der Waals surface area contributed by atoms with Crippen molar-refractivity contribution >= 4 is 21.7 Å². The van der Waals surface area contributed by atoms with Crippen molar-refractivity contribution in [1.29, 1.82) is 0 Å². The highest BCUT2D eigenvalue weighted by molar-refractivity contribution is 9.10. The van der Waals surface area contributed by atoms with Crippen LogP contribution in [0.3, 0.4) is 0 Å². The van der Waals surface area contributed by atoms with E-state index < -0.39 is 28.0 Å². The van der Waals surface area contributed by atoms with Crippen LogP contribution in [0.5, 0.6) is 0 Å². The Morgan fingerprint density at radius 1 is 1.07 bits per heavy atom. The first-order chi connectivity index (χ1) is 13.8. The van der Waals surface area contributed by atoms with Crippen LogP contribution in [-0.4, -0.2) is 45.0 Å². The molecule has 0 aromatic rings. The van der Waals surface area contributed by atoms with Crippen LogP contribution in [-0.2, 0) is 14.3 Å². The lowest BCUT2D eigenvalue weighted by molar-refractivity contribution is -0.220. The number of alkyl halides is 2. The first-order valence-electron chi connectivity index (χ1n) is 11.7. The predicted molar refractivity (Wildman–Crippen MR) is 115 cm³/mol. The Labute approximate surface area is 187 Å². The molecule has 170 valence electrons. The van der Waals surface area contributed by atoms with Crippen LogP contribution >= 0.6 is 15.9 Å². The Morgan fingerprint density at radius 2 is 1.73 bits per heavy atom. The fourth-order valence-electron chi connectivity index (χ4n) is 8.91. The molecule has 4 aliphatic carbocycles. The number of aliphatic hydroxyl groups excluding tert-OH is 1. The topological polar surface area (TPSA) is 55.8 Å². The second-order valence-corrected chi connectivity index (χ2v) is 13.3. The van der Waals surface area contributed by atoms with Crippen molar-refractivity contribution in [3.63, 3.8) is 0 Å². The number of carbonyl (C=O) groups is 1. The van der Waals surface area contributed by atoms with Crippen molar-refractivity contribution in [2.45, 2.75) is 114 Å². The van der Waals surface area contributed by atoms with E-state index >= 15 is 4.39 Å². The number of fused-ring (bicyclic) bond motifs is 7. The maximum absolute atomic E-state index is 15.9. The van der Waals surface area contributed by atoms with Gasteiger partial charge in [0.05, 0.1) is 16.5 Å². The van der Waals surface area contributed by atoms with Gasteiger partial charge < -0.3 is 14.6 Å². The smallest absolute Gasteiger partial charge is 0.164 e. The highest BCUT2D eigenvalue weighted by Gasteiger charge is 2.76. The summed E-state index contributed by atoms with van der Waals surface area (Å²) in [6.45, 7) is 9.88. The zero-order valence-electron chi connectivity index (χ0n) is 18.8. The first kappa shape index (κ1) is 21.8. The molecule has 10 atom stereocenters. The van der Waals surface area contributed by atoms with E-state index in [1.165, 1.54) is 0 Å². The molecule has 5 aliphatic rings. The minimum Gasteiger partial charge on any atom is -0.393 e. The minimum absolute atomic E-state index is 0.0518. The molecule has 0 bridgehead atoms. The SMILES string of the molecule is CC(=O)[C@@]12OC(C)(C)O[C@@H]1C[C@H]1[C@@H]3C[C@@H](F)[C@@]4(Br)C[C@H](O)CC[C@]4(C)[C@H]3CC[C@@]12C. The van der Waals surface area contributed by atoms with Gasteiger partial charge in [-0.15, -0.1) is 0 Å². The third kappa shape index (κ3) is 2.40. The Bertz CT molecular complexity index is 774. The lowest BCUT2D eigenvalue weighted by Gasteiger charge is -2.65. The summed E-state index contributed by atoms with van der Waals surface area (Å²) in [4.78, 5) is 13.1. The molecule has 0 amide bonds. The zero-order valence-corrected chi connectivity index (χ0v) is 20.4. The van der Waals surface area contributed by atoms with E-state index in [0.29, 0.717) is 18.8 Å². The van der Waals surface area contributed by atoms with Gasteiger partial charge in [0.1, 0.15) is 6.17 Å². The molecule has 1 aliphatic heterocycles. The van der Waals surface area contributed by atoms with Gasteiger partial charge in [0.15, 0.2) is 17.2 Å². The molecule has 1 N–H and O–H groups in total. The van der Waals surface area contributed by atoms with E-state index in [1.54, 1.807) is 6.92 Å². The van der Waals surface area contributed by atoms with E-state index in [4.69, 9.17) is 9.47 Å². The number of carbonyl (C=O) groups excluding carboxylic acids is 1. The van der Waals surface area contributed by atoms with Gasteiger partial charge in [0, 0.05) is 5.41 Å². The predicted octanol–water partition coefficient (Wildman–Crippen LogP) is 4.94. The molecule has 6 heteroatoms. The molecule has 5 fully saturated rings. The molecule has 0 spiro atoms. The van der Waals surface area contributed by atoms with Gasteiger partial charge in [-0.1, -0.05) is 29.8 Å². The van der Waals surface area contributed by atoms with Crippen molar-refractivity contribution in [3.8, 4) is 0 Å². The summed E-state index contributed by atoms with van der Waals surface area (Å²) in [7, 11) is 0. The van der Waals surface area contributed by atoms with Crippen molar-refractivity contribution in [3.05, 3.63) is 0 Å². The third-order valence-corrected chi connectivity index (χ3v) is 12.0. The summed E-state index contributed by atoms with van der Waals surface area (Å²) in [5.74, 6) is 0.0793. The lowest BCUT2D eigenvalue weighted by atomic mass is 9.43. The summed E-state index contributed by atoms with van der Waals surface area (Å²) < 4.78 is 27.9. The molecule has 0 aromatic heterocycles. The number of ketones is 1. The second-order valence-electron chi connectivity index (χ2n) is 11.8. The standard InChI is InChI=1S/C24H36BrFO4/c1-13(27)24-19(29-20(2,3)30-24)11-17-15-10-18(26)23(25)12-14(28)6-8-21(23,4)16(15)7-9-22(17,24)5/h14-19,28H,6-12H2,1-5H3/t14-,15-,16+,17+,18-,19-,21-,22+,23+,24-/m1/s1. The maximum Gasteiger partial charge on any atom is 0.164 e. The van der Waals surface area contributed by atoms with Gasteiger partial charge in [0.25, 0.3) is 0 Å². The van der Waals surface area contributed by atoms with Crippen LogP contribution in [0.1, 0.15) is 79.6 Å². The Kier molecular flexibility index (Phi) is 4.57. The monoisotopic (exact) mass is 486 g/mol. The van der Waals surface area contributed by atoms with Crippen molar-refractivity contribution < 1.29 is 23.8 Å². The van der Waals surface area contributed by atoms with Gasteiger partial charge in [-0.25, -0.2) is 4.39 Å². The van der Waals surface area contributed by atoms with Gasteiger partial charge in [-0.05, 0) is 88.9 Å². The molecular formula is C24H36BrFO4. The number of aliphatic hydroxyl groups is 1. The molecule has 4 nitrogen and oxygen atoms in total. The van der Waals surface area contributed by atoms with Crippen molar-refractivity contribution in [2.24, 2.45) is 28.6 Å². The fourth-order valence-corrected chi connectivity index (χ4v) is 9.97. The maximum atomic E-state index is 15.9. The van der Waals surface area contributed by atoms with Crippen LogP contribution in [0.25, 0.3) is 0 Å². The van der Waals surface area contributed by atoms with E-state index in [0.717, 1.165) is 32.1 Å². The Morgan fingerprint density at radius 3 is 2.40 bits per heavy atom. The zero-order chi connectivity index (χ0) is 21.9. The average Bonchev–Trinajstić information content (AvgIpc) is 3.05. The highest BCUT2D eigenvalue weighted by atomic mass is 79.9. The molecule has 0 aromatic carbocycles. The van der Waals surface area contributed by atoms with Crippen molar-refractivity contribution in [1.82, 2.24) is 0 Å². The molecule has 1 saturated heterocycles. The summed E-state index contributed by atoms with van der Waals surface area (Å²) >= 11 is 3.84. The number of Topliss-reactive ketones (excluding diaryl/α,β-unsaturated/α-hetero) is 1. The van der Waals surface area contributed by atoms with Crippen LogP contribution in [0, 0.1) is 28.6 Å². The van der Waals surface area contributed by atoms with Crippen LogP contribution in [0.15, 0.2) is 0 Å². The van der Waals surface area contributed by atoms with Gasteiger partial charge in [-0.2, -0.15) is 0 Å². The van der Waals surface area contributed by atoms with E-state index in [1.807, 2.05) is 13.8 Å². The molecule has 30 heavy (non-hydrogen) atoms. The van der Waals surface area contributed by atoms with Crippen LogP contribution < -0.4 is 0 Å². The quantitative estimate of drug-likeness (QED) is 0.533. The summed E-state index contributed by atoms with van der Waals surface area (Å²) in [5, 5.41) is 10.3. The largest absolute Gasteiger partial charge is 0.393 e. The van der Waals surface area contributed by atoms with Gasteiger partial charge in [0.2, 0.25) is 0 Å². The molecule has 5 rings (SSSR count). The number of hydrogen-bond acceptors (Lipinski definition) is 4. The van der Waals surface area contributed by atoms with E-state index in [9.17, 15) is 9.90 Å². The third-order valence-electron chi connectivity index (χ3n) is 10.2. The number of rotatable bonds is 1. The molecule has 1 heterocycles. The number of ether oxygens (including phenoxy) is 2. The summed E-state index contributed by atoms with van der Waals surface area (Å²) in [6, 6.07) is 0. The Balaban J connectivity index is 1.55. The fraction of sp³-hybridized carbons (Fsp3) is 0.958. The molecule has 4 saturated carbocycles. The van der Waals surface area contributed by atoms with E-state index in [-0.39, 0.29) is 34.6 Å². The van der Waals surface area contributed by atoms with Crippen LogP contribution in [0.2, 0.25) is 0 Å². The molecule has 0 unspecified atom stereocenters. The van der Waals surface area contributed by atoms with Gasteiger partial charge in [-0.3, -0.25) is 4.79 Å². The molecule has 0 radical (unpaired) electrons.